The Morgan fingerprint density at radius 3 is 2.52 bits per heavy atom. The van der Waals surface area contributed by atoms with Crippen LogP contribution < -0.4 is 5.73 Å². The number of sulfonamides is 1. The molecule has 6 nitrogen and oxygen atoms in total. The zero-order valence-electron chi connectivity index (χ0n) is 13.1. The normalized spacial score (nSPS) is 17.2. The summed E-state index contributed by atoms with van der Waals surface area (Å²) in [6, 6.07) is 0.100. The van der Waals surface area contributed by atoms with Crippen LogP contribution >= 0.6 is 0 Å². The van der Waals surface area contributed by atoms with Gasteiger partial charge in [0.15, 0.2) is 10.8 Å². The van der Waals surface area contributed by atoms with Crippen molar-refractivity contribution in [1.29, 1.82) is 0 Å². The Morgan fingerprint density at radius 2 is 2.05 bits per heavy atom. The van der Waals surface area contributed by atoms with Crippen molar-refractivity contribution in [2.75, 3.05) is 12.3 Å². The van der Waals surface area contributed by atoms with E-state index in [1.807, 2.05) is 0 Å². The van der Waals surface area contributed by atoms with E-state index in [0.717, 1.165) is 32.1 Å². The van der Waals surface area contributed by atoms with Gasteiger partial charge in [0.25, 0.3) is 10.0 Å². The van der Waals surface area contributed by atoms with Crippen LogP contribution in [0.25, 0.3) is 0 Å². The predicted molar refractivity (Wildman–Crippen MR) is 83.2 cm³/mol. The molecule has 0 spiro atoms. The minimum Gasteiger partial charge on any atom is -0.381 e. The van der Waals surface area contributed by atoms with Crippen LogP contribution in [0.3, 0.4) is 0 Å². The van der Waals surface area contributed by atoms with Crippen LogP contribution in [0.2, 0.25) is 0 Å². The molecule has 0 saturated heterocycles. The number of imidazole rings is 1. The number of nitrogens with two attached hydrogens (primary N) is 1. The number of rotatable bonds is 6. The molecule has 0 unspecified atom stereocenters. The highest BCUT2D eigenvalue weighted by molar-refractivity contribution is 7.89. The van der Waals surface area contributed by atoms with E-state index < -0.39 is 10.0 Å². The highest BCUT2D eigenvalue weighted by Crippen LogP contribution is 2.30. The van der Waals surface area contributed by atoms with E-state index in [0.29, 0.717) is 12.5 Å². The van der Waals surface area contributed by atoms with Crippen LogP contribution in [0.15, 0.2) is 11.4 Å². The molecule has 2 rings (SSSR count). The summed E-state index contributed by atoms with van der Waals surface area (Å²) < 4.78 is 29.2. The largest absolute Gasteiger partial charge is 0.381 e. The molecule has 0 aromatic carbocycles. The molecule has 1 aromatic heterocycles. The Hall–Kier alpha value is -1.08. The Bertz CT molecular complexity index is 554. The molecule has 1 heterocycles. The third-order valence-electron chi connectivity index (χ3n) is 4.12. The highest BCUT2D eigenvalue weighted by atomic mass is 32.2. The van der Waals surface area contributed by atoms with Crippen LogP contribution in [-0.2, 0) is 17.1 Å². The molecule has 120 valence electrons. The Labute approximate surface area is 127 Å². The molecule has 1 saturated carbocycles. The van der Waals surface area contributed by atoms with Gasteiger partial charge >= 0.3 is 0 Å². The zero-order valence-corrected chi connectivity index (χ0v) is 13.9. The van der Waals surface area contributed by atoms with E-state index in [1.165, 1.54) is 10.9 Å². The SMILES string of the molecule is CC(C)CCN(C1CCCC1)S(=O)(=O)c1c(N)ncn1C. The number of hydrogen-bond donors (Lipinski definition) is 1. The summed E-state index contributed by atoms with van der Waals surface area (Å²) in [6.07, 6.45) is 6.38. The fourth-order valence-electron chi connectivity index (χ4n) is 2.94. The van der Waals surface area contributed by atoms with Crippen LogP contribution in [0.4, 0.5) is 5.82 Å². The summed E-state index contributed by atoms with van der Waals surface area (Å²) in [5, 5.41) is 0.123. The smallest absolute Gasteiger partial charge is 0.262 e. The van der Waals surface area contributed by atoms with Crippen LogP contribution in [0, 0.1) is 5.92 Å². The number of anilines is 1. The second kappa shape index (κ2) is 6.36. The van der Waals surface area contributed by atoms with E-state index in [-0.39, 0.29) is 16.9 Å². The van der Waals surface area contributed by atoms with Gasteiger partial charge in [0.05, 0.1) is 6.33 Å². The molecule has 1 fully saturated rings. The van der Waals surface area contributed by atoms with Gasteiger partial charge in [0.2, 0.25) is 0 Å². The average molecular weight is 314 g/mol. The van der Waals surface area contributed by atoms with Crippen molar-refractivity contribution >= 4 is 15.8 Å². The lowest BCUT2D eigenvalue weighted by Crippen LogP contribution is -2.40. The molecule has 0 bridgehead atoms. The third-order valence-corrected chi connectivity index (χ3v) is 6.21. The second-order valence-corrected chi connectivity index (χ2v) is 8.09. The Balaban J connectivity index is 2.34. The molecule has 0 radical (unpaired) electrons. The second-order valence-electron chi connectivity index (χ2n) is 6.28. The van der Waals surface area contributed by atoms with Gasteiger partial charge in [-0.05, 0) is 25.2 Å². The molecule has 0 aliphatic heterocycles. The van der Waals surface area contributed by atoms with Gasteiger partial charge in [0.1, 0.15) is 0 Å². The maximum atomic E-state index is 13.0. The van der Waals surface area contributed by atoms with E-state index in [9.17, 15) is 8.42 Å². The van der Waals surface area contributed by atoms with Crippen molar-refractivity contribution in [2.45, 2.75) is 57.0 Å². The summed E-state index contributed by atoms with van der Waals surface area (Å²) in [7, 11) is -1.92. The molecule has 1 aromatic rings. The fourth-order valence-corrected chi connectivity index (χ4v) is 4.84. The summed E-state index contributed by atoms with van der Waals surface area (Å²) in [6.45, 7) is 4.77. The van der Waals surface area contributed by atoms with Gasteiger partial charge in [-0.1, -0.05) is 26.7 Å². The quantitative estimate of drug-likeness (QED) is 0.870. The monoisotopic (exact) mass is 314 g/mol. The van der Waals surface area contributed by atoms with Gasteiger partial charge in [-0.3, -0.25) is 0 Å². The topological polar surface area (TPSA) is 81.2 Å². The fraction of sp³-hybridized carbons (Fsp3) is 0.786. The van der Waals surface area contributed by atoms with Gasteiger partial charge in [-0.25, -0.2) is 13.4 Å². The molecule has 1 aliphatic rings. The average Bonchev–Trinajstić information content (AvgIpc) is 2.99. The number of aryl methyl sites for hydroxylation is 1. The predicted octanol–water partition coefficient (Wildman–Crippen LogP) is 1.98. The Kier molecular flexibility index (Phi) is 4.93. The highest BCUT2D eigenvalue weighted by Gasteiger charge is 2.36. The van der Waals surface area contributed by atoms with E-state index in [1.54, 1.807) is 11.4 Å². The molecule has 7 heteroatoms. The van der Waals surface area contributed by atoms with Crippen molar-refractivity contribution in [1.82, 2.24) is 13.9 Å². The summed E-state index contributed by atoms with van der Waals surface area (Å²) in [5.41, 5.74) is 5.78. The number of hydrogen-bond acceptors (Lipinski definition) is 4. The first kappa shape index (κ1) is 16.3. The molecular weight excluding hydrogens is 288 g/mol. The van der Waals surface area contributed by atoms with E-state index in [2.05, 4.69) is 18.8 Å². The first-order valence-electron chi connectivity index (χ1n) is 7.62. The molecule has 0 amide bonds. The molecule has 2 N–H and O–H groups in total. The van der Waals surface area contributed by atoms with Gasteiger partial charge in [0, 0.05) is 19.6 Å². The van der Waals surface area contributed by atoms with E-state index in [4.69, 9.17) is 5.73 Å². The number of nitrogens with zero attached hydrogens (tertiary/aromatic N) is 3. The molecular formula is C14H26N4O2S. The standard InChI is InChI=1S/C14H26N4O2S/c1-11(2)8-9-18(12-6-4-5-7-12)21(19,20)14-13(15)16-10-17(14)3/h10-12H,4-9,15H2,1-3H3. The summed E-state index contributed by atoms with van der Waals surface area (Å²) >= 11 is 0. The summed E-state index contributed by atoms with van der Waals surface area (Å²) in [4.78, 5) is 3.92. The zero-order chi connectivity index (χ0) is 15.6. The van der Waals surface area contributed by atoms with E-state index >= 15 is 0 Å². The maximum absolute atomic E-state index is 13.0. The van der Waals surface area contributed by atoms with Crippen molar-refractivity contribution in [3.63, 3.8) is 0 Å². The minimum atomic E-state index is -3.59. The lowest BCUT2D eigenvalue weighted by molar-refractivity contribution is 0.303. The molecule has 1 aliphatic carbocycles. The van der Waals surface area contributed by atoms with Gasteiger partial charge in [-0.15, -0.1) is 0 Å². The Morgan fingerprint density at radius 1 is 1.43 bits per heavy atom. The minimum absolute atomic E-state index is 0.0880. The molecule has 0 atom stereocenters. The van der Waals surface area contributed by atoms with Crippen LogP contribution in [0.1, 0.15) is 46.0 Å². The van der Waals surface area contributed by atoms with Crippen molar-refractivity contribution in [3.05, 3.63) is 6.33 Å². The van der Waals surface area contributed by atoms with Crippen molar-refractivity contribution in [2.24, 2.45) is 13.0 Å². The van der Waals surface area contributed by atoms with Crippen molar-refractivity contribution in [3.8, 4) is 0 Å². The third kappa shape index (κ3) is 3.40. The first-order valence-corrected chi connectivity index (χ1v) is 9.06. The number of aromatic nitrogens is 2. The first-order chi connectivity index (χ1) is 9.84. The summed E-state index contributed by atoms with van der Waals surface area (Å²) in [5.74, 6) is 0.554. The van der Waals surface area contributed by atoms with Crippen LogP contribution in [-0.4, -0.2) is 34.9 Å². The van der Waals surface area contributed by atoms with Crippen molar-refractivity contribution < 1.29 is 8.42 Å². The van der Waals surface area contributed by atoms with Gasteiger partial charge in [-0.2, -0.15) is 4.31 Å². The lowest BCUT2D eigenvalue weighted by atomic mass is 10.1. The van der Waals surface area contributed by atoms with Crippen LogP contribution in [0.5, 0.6) is 0 Å². The molecule has 21 heavy (non-hydrogen) atoms. The lowest BCUT2D eigenvalue weighted by Gasteiger charge is -2.28. The maximum Gasteiger partial charge on any atom is 0.262 e. The number of nitrogen functional groups attached to an aromatic ring is 1. The van der Waals surface area contributed by atoms with Gasteiger partial charge < -0.3 is 10.3 Å².